The van der Waals surface area contributed by atoms with E-state index in [9.17, 15) is 9.59 Å². The molecule has 0 bridgehead atoms. The van der Waals surface area contributed by atoms with Crippen molar-refractivity contribution in [2.24, 2.45) is 0 Å². The van der Waals surface area contributed by atoms with Gasteiger partial charge in [0.05, 0.1) is 17.1 Å². The van der Waals surface area contributed by atoms with E-state index in [1.54, 1.807) is 11.3 Å². The van der Waals surface area contributed by atoms with E-state index in [-0.39, 0.29) is 11.8 Å². The highest BCUT2D eigenvalue weighted by atomic mass is 32.1. The summed E-state index contributed by atoms with van der Waals surface area (Å²) in [5, 5.41) is 9.37. The van der Waals surface area contributed by atoms with Gasteiger partial charge in [-0.05, 0) is 30.2 Å². The summed E-state index contributed by atoms with van der Waals surface area (Å²) >= 11 is 3.00. The van der Waals surface area contributed by atoms with Gasteiger partial charge in [-0.3, -0.25) is 9.59 Å². The van der Waals surface area contributed by atoms with Gasteiger partial charge in [0.2, 0.25) is 11.8 Å². The molecule has 3 heterocycles. The largest absolute Gasteiger partial charge is 0.361 e. The zero-order valence-electron chi connectivity index (χ0n) is 15.8. The number of nitrogens with one attached hydrogen (secondary N) is 3. The number of aromatic nitrogens is 2. The van der Waals surface area contributed by atoms with E-state index in [0.717, 1.165) is 31.9 Å². The lowest BCUT2D eigenvalue weighted by molar-refractivity contribution is -0.119. The van der Waals surface area contributed by atoms with Crippen LogP contribution in [0.5, 0.6) is 0 Å². The highest BCUT2D eigenvalue weighted by Gasteiger charge is 2.11. The second kappa shape index (κ2) is 8.59. The Morgan fingerprint density at radius 1 is 1.17 bits per heavy atom. The normalized spacial score (nSPS) is 10.9. The number of fused-ring (bicyclic) bond motifs is 1. The SMILES string of the molecule is CC(=O)NCc1ccc(-c2csc(NC(=O)CCc3c[nH]c4ccccc34)n2)s1. The molecule has 4 aromatic rings. The summed E-state index contributed by atoms with van der Waals surface area (Å²) in [6.07, 6.45) is 3.04. The average Bonchev–Trinajstić information content (AvgIpc) is 3.44. The van der Waals surface area contributed by atoms with E-state index >= 15 is 0 Å². The lowest BCUT2D eigenvalue weighted by Gasteiger charge is -2.01. The molecule has 0 atom stereocenters. The third kappa shape index (κ3) is 4.72. The molecule has 6 nitrogen and oxygen atoms in total. The van der Waals surface area contributed by atoms with Crippen LogP contribution in [-0.4, -0.2) is 21.8 Å². The van der Waals surface area contributed by atoms with Crippen molar-refractivity contribution in [2.75, 3.05) is 5.32 Å². The number of thiazole rings is 1. The summed E-state index contributed by atoms with van der Waals surface area (Å²) in [5.41, 5.74) is 3.06. The molecule has 0 unspecified atom stereocenters. The van der Waals surface area contributed by atoms with E-state index in [2.05, 4.69) is 26.7 Å². The molecule has 0 saturated heterocycles. The van der Waals surface area contributed by atoms with Crippen LogP contribution in [0.25, 0.3) is 21.5 Å². The number of hydrogen-bond donors (Lipinski definition) is 3. The van der Waals surface area contributed by atoms with Crippen LogP contribution in [0.4, 0.5) is 5.13 Å². The molecular weight excluding hydrogens is 404 g/mol. The highest BCUT2D eigenvalue weighted by molar-refractivity contribution is 7.17. The van der Waals surface area contributed by atoms with Gasteiger partial charge in [-0.2, -0.15) is 0 Å². The second-order valence-electron chi connectivity index (χ2n) is 6.62. The number of amides is 2. The Bertz CT molecular complexity index is 1160. The lowest BCUT2D eigenvalue weighted by atomic mass is 10.1. The number of thiophene rings is 1. The quantitative estimate of drug-likeness (QED) is 0.406. The van der Waals surface area contributed by atoms with Gasteiger partial charge in [-0.1, -0.05) is 18.2 Å². The van der Waals surface area contributed by atoms with Crippen LogP contribution >= 0.6 is 22.7 Å². The number of nitrogens with zero attached hydrogens (tertiary/aromatic N) is 1. The first-order chi connectivity index (χ1) is 14.1. The molecule has 2 amide bonds. The fraction of sp³-hybridized carbons (Fsp3) is 0.190. The minimum atomic E-state index is -0.0498. The second-order valence-corrected chi connectivity index (χ2v) is 8.65. The maximum absolute atomic E-state index is 12.4. The van der Waals surface area contributed by atoms with Crippen LogP contribution in [0.1, 0.15) is 23.8 Å². The zero-order valence-corrected chi connectivity index (χ0v) is 17.5. The van der Waals surface area contributed by atoms with E-state index in [1.165, 1.54) is 18.3 Å². The molecule has 0 aliphatic carbocycles. The molecule has 4 rings (SSSR count). The Kier molecular flexibility index (Phi) is 5.73. The van der Waals surface area contributed by atoms with Gasteiger partial charge in [0, 0.05) is 40.7 Å². The average molecular weight is 425 g/mol. The van der Waals surface area contributed by atoms with Crippen molar-refractivity contribution < 1.29 is 9.59 Å². The Balaban J connectivity index is 1.34. The van der Waals surface area contributed by atoms with Crippen LogP contribution < -0.4 is 10.6 Å². The van der Waals surface area contributed by atoms with Gasteiger partial charge < -0.3 is 15.6 Å². The number of carbonyl (C=O) groups is 2. The maximum Gasteiger partial charge on any atom is 0.226 e. The number of rotatable bonds is 7. The number of aromatic amines is 1. The van der Waals surface area contributed by atoms with Crippen molar-refractivity contribution >= 4 is 50.5 Å². The molecule has 3 aromatic heterocycles. The van der Waals surface area contributed by atoms with Gasteiger partial charge in [0.15, 0.2) is 5.13 Å². The summed E-state index contributed by atoms with van der Waals surface area (Å²) in [7, 11) is 0. The summed E-state index contributed by atoms with van der Waals surface area (Å²) in [5.74, 6) is -0.0973. The molecule has 8 heteroatoms. The molecule has 0 spiro atoms. The van der Waals surface area contributed by atoms with Gasteiger partial charge in [0.25, 0.3) is 0 Å². The summed E-state index contributed by atoms with van der Waals surface area (Å²) < 4.78 is 0. The monoisotopic (exact) mass is 424 g/mol. The molecule has 148 valence electrons. The third-order valence-electron chi connectivity index (χ3n) is 4.47. The Hall–Kier alpha value is -2.97. The van der Waals surface area contributed by atoms with E-state index in [1.807, 2.05) is 41.9 Å². The van der Waals surface area contributed by atoms with Gasteiger partial charge >= 0.3 is 0 Å². The summed E-state index contributed by atoms with van der Waals surface area (Å²) in [4.78, 5) is 33.2. The number of para-hydroxylation sites is 1. The van der Waals surface area contributed by atoms with E-state index < -0.39 is 0 Å². The maximum atomic E-state index is 12.4. The van der Waals surface area contributed by atoms with Crippen molar-refractivity contribution in [1.29, 1.82) is 0 Å². The molecule has 0 saturated carbocycles. The minimum absolute atomic E-state index is 0.0475. The first-order valence-corrected chi connectivity index (χ1v) is 10.9. The number of carbonyl (C=O) groups excluding carboxylic acids is 2. The third-order valence-corrected chi connectivity index (χ3v) is 6.34. The van der Waals surface area contributed by atoms with Gasteiger partial charge in [-0.25, -0.2) is 4.98 Å². The summed E-state index contributed by atoms with van der Waals surface area (Å²) in [6.45, 7) is 2.02. The van der Waals surface area contributed by atoms with E-state index in [4.69, 9.17) is 0 Å². The molecule has 0 radical (unpaired) electrons. The van der Waals surface area contributed by atoms with Crippen LogP contribution in [0.2, 0.25) is 0 Å². The predicted molar refractivity (Wildman–Crippen MR) is 118 cm³/mol. The van der Waals surface area contributed by atoms with E-state index in [0.29, 0.717) is 24.5 Å². The molecule has 0 aliphatic heterocycles. The Labute approximate surface area is 176 Å². The molecule has 29 heavy (non-hydrogen) atoms. The molecule has 0 aliphatic rings. The fourth-order valence-corrected chi connectivity index (χ4v) is 4.74. The molecular formula is C21H20N4O2S2. The topological polar surface area (TPSA) is 86.9 Å². The van der Waals surface area contributed by atoms with Crippen molar-refractivity contribution in [2.45, 2.75) is 26.3 Å². The molecule has 3 N–H and O–H groups in total. The highest BCUT2D eigenvalue weighted by Crippen LogP contribution is 2.31. The van der Waals surface area contributed by atoms with Crippen LogP contribution in [-0.2, 0) is 22.6 Å². The molecule has 1 aromatic carbocycles. The Morgan fingerprint density at radius 3 is 2.90 bits per heavy atom. The van der Waals surface area contributed by atoms with Crippen molar-refractivity contribution in [3.63, 3.8) is 0 Å². The predicted octanol–water partition coefficient (Wildman–Crippen LogP) is 4.56. The Morgan fingerprint density at radius 2 is 2.03 bits per heavy atom. The number of anilines is 1. The number of hydrogen-bond acceptors (Lipinski definition) is 5. The zero-order chi connectivity index (χ0) is 20.2. The first-order valence-electron chi connectivity index (χ1n) is 9.22. The van der Waals surface area contributed by atoms with Crippen molar-refractivity contribution in [1.82, 2.24) is 15.3 Å². The van der Waals surface area contributed by atoms with Crippen LogP contribution in [0.3, 0.4) is 0 Å². The standard InChI is InChI=1S/C21H20N4O2S2/c1-13(26)22-11-15-7-8-19(29-15)18-12-28-21(24-18)25-20(27)9-6-14-10-23-17-5-3-2-4-16(14)17/h2-5,7-8,10,12,23H,6,9,11H2,1H3,(H,22,26)(H,24,25,27). The number of aryl methyl sites for hydroxylation is 1. The van der Waals surface area contributed by atoms with Crippen molar-refractivity contribution in [3.8, 4) is 10.6 Å². The first kappa shape index (κ1) is 19.4. The smallest absolute Gasteiger partial charge is 0.226 e. The molecule has 0 fully saturated rings. The fourth-order valence-electron chi connectivity index (χ4n) is 3.03. The van der Waals surface area contributed by atoms with Crippen molar-refractivity contribution in [3.05, 3.63) is 58.4 Å². The van der Waals surface area contributed by atoms with Gasteiger partial charge in [0.1, 0.15) is 0 Å². The number of H-pyrrole nitrogens is 1. The minimum Gasteiger partial charge on any atom is -0.361 e. The number of benzene rings is 1. The van der Waals surface area contributed by atoms with Crippen LogP contribution in [0.15, 0.2) is 48.0 Å². The van der Waals surface area contributed by atoms with Gasteiger partial charge in [-0.15, -0.1) is 22.7 Å². The van der Waals surface area contributed by atoms with Crippen LogP contribution in [0, 0.1) is 0 Å². The summed E-state index contributed by atoms with van der Waals surface area (Å²) in [6, 6.07) is 12.1. The lowest BCUT2D eigenvalue weighted by Crippen LogP contribution is -2.17.